The SMILES string of the molecule is CCCCCCCCCCCCCCCCOc1ccc(OC(=O)c2ccc([N+](=O)[O-])cc2)cc1. The minimum atomic E-state index is -0.559. The largest absolute Gasteiger partial charge is 0.494 e. The average molecular weight is 484 g/mol. The number of carbonyl (C=O) groups is 1. The third kappa shape index (κ3) is 12.4. The molecule has 0 bridgehead atoms. The molecule has 0 saturated carbocycles. The summed E-state index contributed by atoms with van der Waals surface area (Å²) >= 11 is 0. The van der Waals surface area contributed by atoms with E-state index in [2.05, 4.69) is 6.92 Å². The first kappa shape index (κ1) is 28.3. The predicted octanol–water partition coefficient (Wildman–Crippen LogP) is 8.67. The third-order valence-electron chi connectivity index (χ3n) is 6.11. The quantitative estimate of drug-likeness (QED) is 0.0656. The second kappa shape index (κ2) is 17.5. The van der Waals surface area contributed by atoms with Gasteiger partial charge in [0, 0.05) is 12.1 Å². The van der Waals surface area contributed by atoms with Crippen molar-refractivity contribution in [2.75, 3.05) is 6.61 Å². The van der Waals surface area contributed by atoms with Crippen LogP contribution in [-0.2, 0) is 0 Å². The molecule has 0 aliphatic rings. The molecule has 0 N–H and O–H groups in total. The van der Waals surface area contributed by atoms with E-state index < -0.39 is 10.9 Å². The molecule has 0 spiro atoms. The van der Waals surface area contributed by atoms with Gasteiger partial charge in [0.1, 0.15) is 11.5 Å². The summed E-state index contributed by atoms with van der Waals surface area (Å²) in [5.74, 6) is 0.586. The van der Waals surface area contributed by atoms with Gasteiger partial charge in [-0.05, 0) is 42.8 Å². The molecule has 0 radical (unpaired) electrons. The van der Waals surface area contributed by atoms with Crippen LogP contribution in [0.25, 0.3) is 0 Å². The molecule has 0 fully saturated rings. The Morgan fingerprint density at radius 1 is 0.686 bits per heavy atom. The first-order valence-corrected chi connectivity index (χ1v) is 13.3. The topological polar surface area (TPSA) is 78.7 Å². The average Bonchev–Trinajstić information content (AvgIpc) is 2.87. The van der Waals surface area contributed by atoms with Crippen molar-refractivity contribution >= 4 is 11.7 Å². The van der Waals surface area contributed by atoms with Gasteiger partial charge in [0.25, 0.3) is 5.69 Å². The van der Waals surface area contributed by atoms with E-state index in [4.69, 9.17) is 9.47 Å². The summed E-state index contributed by atoms with van der Waals surface area (Å²) in [5.41, 5.74) is 0.190. The van der Waals surface area contributed by atoms with Gasteiger partial charge in [-0.15, -0.1) is 0 Å². The number of nitro groups is 1. The molecular weight excluding hydrogens is 442 g/mol. The second-order valence-corrected chi connectivity index (χ2v) is 9.11. The molecule has 0 unspecified atom stereocenters. The molecule has 35 heavy (non-hydrogen) atoms. The molecule has 0 atom stereocenters. The zero-order valence-electron chi connectivity index (χ0n) is 21.2. The normalized spacial score (nSPS) is 10.8. The van der Waals surface area contributed by atoms with Crippen molar-refractivity contribution in [3.05, 3.63) is 64.2 Å². The molecule has 0 heterocycles. The van der Waals surface area contributed by atoms with Crippen LogP contribution in [-0.4, -0.2) is 17.5 Å². The van der Waals surface area contributed by atoms with Gasteiger partial charge in [-0.1, -0.05) is 90.4 Å². The molecule has 192 valence electrons. The van der Waals surface area contributed by atoms with E-state index in [1.807, 2.05) is 0 Å². The summed E-state index contributed by atoms with van der Waals surface area (Å²) in [7, 11) is 0. The van der Waals surface area contributed by atoms with E-state index in [1.54, 1.807) is 24.3 Å². The Labute approximate surface area is 210 Å². The highest BCUT2D eigenvalue weighted by Crippen LogP contribution is 2.20. The Bertz CT molecular complexity index is 848. The maximum Gasteiger partial charge on any atom is 0.343 e. The smallest absolute Gasteiger partial charge is 0.343 e. The number of nitrogens with zero attached hydrogens (tertiary/aromatic N) is 1. The van der Waals surface area contributed by atoms with Crippen molar-refractivity contribution in [3.8, 4) is 11.5 Å². The lowest BCUT2D eigenvalue weighted by atomic mass is 10.0. The number of non-ortho nitro benzene ring substituents is 1. The molecule has 2 aromatic carbocycles. The van der Waals surface area contributed by atoms with E-state index in [1.165, 1.54) is 108 Å². The van der Waals surface area contributed by atoms with E-state index in [0.29, 0.717) is 12.4 Å². The second-order valence-electron chi connectivity index (χ2n) is 9.11. The summed E-state index contributed by atoms with van der Waals surface area (Å²) < 4.78 is 11.1. The maximum atomic E-state index is 12.2. The van der Waals surface area contributed by atoms with E-state index in [0.717, 1.165) is 12.2 Å². The Morgan fingerprint density at radius 3 is 1.63 bits per heavy atom. The van der Waals surface area contributed by atoms with Crippen LogP contribution in [0.3, 0.4) is 0 Å². The molecular formula is C29H41NO5. The van der Waals surface area contributed by atoms with Crippen LogP contribution in [0.5, 0.6) is 11.5 Å². The van der Waals surface area contributed by atoms with E-state index in [-0.39, 0.29) is 11.3 Å². The van der Waals surface area contributed by atoms with Crippen molar-refractivity contribution in [2.24, 2.45) is 0 Å². The molecule has 2 aromatic rings. The summed E-state index contributed by atoms with van der Waals surface area (Å²) in [5, 5.41) is 10.7. The minimum Gasteiger partial charge on any atom is -0.494 e. The zero-order chi connectivity index (χ0) is 25.1. The van der Waals surface area contributed by atoms with E-state index >= 15 is 0 Å². The van der Waals surface area contributed by atoms with Crippen LogP contribution in [0.15, 0.2) is 48.5 Å². The lowest BCUT2D eigenvalue weighted by Gasteiger charge is -2.08. The minimum absolute atomic E-state index is 0.0677. The van der Waals surface area contributed by atoms with E-state index in [9.17, 15) is 14.9 Å². The number of benzene rings is 2. The highest BCUT2D eigenvalue weighted by atomic mass is 16.6. The summed E-state index contributed by atoms with van der Waals surface area (Å²) in [4.78, 5) is 22.4. The van der Waals surface area contributed by atoms with Gasteiger partial charge in [0.05, 0.1) is 17.1 Å². The number of esters is 1. The van der Waals surface area contributed by atoms with Gasteiger partial charge in [0.15, 0.2) is 0 Å². The molecule has 0 aliphatic carbocycles. The summed E-state index contributed by atoms with van der Waals surface area (Å²) in [6.07, 6.45) is 18.6. The number of rotatable bonds is 19. The predicted molar refractivity (Wildman–Crippen MR) is 140 cm³/mol. The fourth-order valence-electron chi connectivity index (χ4n) is 3.98. The monoisotopic (exact) mass is 483 g/mol. The first-order valence-electron chi connectivity index (χ1n) is 13.3. The van der Waals surface area contributed by atoms with Crippen molar-refractivity contribution in [3.63, 3.8) is 0 Å². The molecule has 6 nitrogen and oxygen atoms in total. The lowest BCUT2D eigenvalue weighted by molar-refractivity contribution is -0.384. The third-order valence-corrected chi connectivity index (χ3v) is 6.11. The number of hydrogen-bond acceptors (Lipinski definition) is 5. The van der Waals surface area contributed by atoms with Crippen LogP contribution >= 0.6 is 0 Å². The van der Waals surface area contributed by atoms with Gasteiger partial charge in [-0.25, -0.2) is 4.79 Å². The Kier molecular flexibility index (Phi) is 14.2. The highest BCUT2D eigenvalue weighted by molar-refractivity contribution is 5.91. The lowest BCUT2D eigenvalue weighted by Crippen LogP contribution is -2.08. The summed E-state index contributed by atoms with van der Waals surface area (Å²) in [6.45, 7) is 2.95. The van der Waals surface area contributed by atoms with Crippen LogP contribution < -0.4 is 9.47 Å². The standard InChI is InChI=1S/C29H41NO5/c1-2-3-4-5-6-7-8-9-10-11-12-13-14-15-24-34-27-20-22-28(23-21-27)35-29(31)25-16-18-26(19-17-25)30(32)33/h16-23H,2-15,24H2,1H3. The molecule has 0 aliphatic heterocycles. The van der Waals surface area contributed by atoms with Gasteiger partial charge >= 0.3 is 5.97 Å². The fraction of sp³-hybridized carbons (Fsp3) is 0.552. The molecule has 0 aromatic heterocycles. The van der Waals surface area contributed by atoms with Gasteiger partial charge in [0.2, 0.25) is 0 Å². The van der Waals surface area contributed by atoms with Crippen LogP contribution in [0.1, 0.15) is 107 Å². The first-order chi connectivity index (χ1) is 17.1. The van der Waals surface area contributed by atoms with Crippen molar-refractivity contribution in [2.45, 2.75) is 96.8 Å². The highest BCUT2D eigenvalue weighted by Gasteiger charge is 2.11. The number of nitro benzene ring substituents is 1. The van der Waals surface area contributed by atoms with Crippen molar-refractivity contribution in [1.82, 2.24) is 0 Å². The molecule has 0 amide bonds. The van der Waals surface area contributed by atoms with Crippen molar-refractivity contribution in [1.29, 1.82) is 0 Å². The number of hydrogen-bond donors (Lipinski definition) is 0. The Morgan fingerprint density at radius 2 is 1.14 bits per heavy atom. The van der Waals surface area contributed by atoms with Crippen LogP contribution in [0, 0.1) is 10.1 Å². The molecule has 0 saturated heterocycles. The number of unbranched alkanes of at least 4 members (excludes halogenated alkanes) is 13. The van der Waals surface area contributed by atoms with Gasteiger partial charge in [-0.3, -0.25) is 10.1 Å². The maximum absolute atomic E-state index is 12.2. The van der Waals surface area contributed by atoms with Crippen molar-refractivity contribution < 1.29 is 19.2 Å². The number of ether oxygens (including phenoxy) is 2. The van der Waals surface area contributed by atoms with Crippen LogP contribution in [0.2, 0.25) is 0 Å². The fourth-order valence-corrected chi connectivity index (χ4v) is 3.98. The van der Waals surface area contributed by atoms with Gasteiger partial charge in [-0.2, -0.15) is 0 Å². The zero-order valence-corrected chi connectivity index (χ0v) is 21.2. The molecule has 2 rings (SSSR count). The van der Waals surface area contributed by atoms with Crippen LogP contribution in [0.4, 0.5) is 5.69 Å². The Hall–Kier alpha value is -2.89. The molecule has 6 heteroatoms. The summed E-state index contributed by atoms with van der Waals surface area (Å²) in [6, 6.07) is 12.3. The number of carbonyl (C=O) groups excluding carboxylic acids is 1. The van der Waals surface area contributed by atoms with Gasteiger partial charge < -0.3 is 9.47 Å². The Balaban J connectivity index is 1.48.